The SMILES string of the molecule is C=CCN=c1scc(-c2cc(OC)c(OC)c(OC)c2)n1N=Cc1ccccc1Br. The Hall–Kier alpha value is -2.84. The number of aromatic nitrogens is 1. The molecule has 0 N–H and O–H groups in total. The van der Waals surface area contributed by atoms with Crippen LogP contribution in [0.15, 0.2) is 69.0 Å². The van der Waals surface area contributed by atoms with E-state index in [-0.39, 0.29) is 0 Å². The molecule has 3 rings (SSSR count). The Morgan fingerprint density at radius 1 is 1.10 bits per heavy atom. The van der Waals surface area contributed by atoms with Crippen LogP contribution in [0.2, 0.25) is 0 Å². The summed E-state index contributed by atoms with van der Waals surface area (Å²) in [5, 5.41) is 6.71. The van der Waals surface area contributed by atoms with E-state index in [9.17, 15) is 0 Å². The van der Waals surface area contributed by atoms with Gasteiger partial charge in [-0.15, -0.1) is 17.9 Å². The number of rotatable bonds is 8. The lowest BCUT2D eigenvalue weighted by Crippen LogP contribution is -2.12. The van der Waals surface area contributed by atoms with Crippen LogP contribution in [-0.4, -0.2) is 38.8 Å². The summed E-state index contributed by atoms with van der Waals surface area (Å²) in [6, 6.07) is 11.7. The summed E-state index contributed by atoms with van der Waals surface area (Å²) in [5.41, 5.74) is 2.68. The molecule has 8 heteroatoms. The van der Waals surface area contributed by atoms with Crippen LogP contribution in [0.1, 0.15) is 5.56 Å². The van der Waals surface area contributed by atoms with Crippen molar-refractivity contribution in [2.45, 2.75) is 0 Å². The molecule has 0 unspecified atom stereocenters. The maximum absolute atomic E-state index is 5.51. The fourth-order valence-electron chi connectivity index (χ4n) is 2.79. The van der Waals surface area contributed by atoms with Crippen molar-refractivity contribution in [2.75, 3.05) is 27.9 Å². The topological polar surface area (TPSA) is 57.3 Å². The number of ether oxygens (including phenoxy) is 3. The first-order valence-electron chi connectivity index (χ1n) is 9.04. The molecule has 0 aliphatic rings. The molecule has 1 aromatic heterocycles. The van der Waals surface area contributed by atoms with Gasteiger partial charge in [-0.1, -0.05) is 40.2 Å². The van der Waals surface area contributed by atoms with E-state index < -0.39 is 0 Å². The predicted molar refractivity (Wildman–Crippen MR) is 125 cm³/mol. The summed E-state index contributed by atoms with van der Waals surface area (Å²) in [6.07, 6.45) is 3.55. The molecule has 0 radical (unpaired) electrons. The Kier molecular flexibility index (Phi) is 7.48. The molecule has 0 fully saturated rings. The van der Waals surface area contributed by atoms with E-state index in [1.165, 1.54) is 11.3 Å². The van der Waals surface area contributed by atoms with Gasteiger partial charge in [0.25, 0.3) is 0 Å². The Morgan fingerprint density at radius 2 is 1.80 bits per heavy atom. The minimum absolute atomic E-state index is 0.500. The lowest BCUT2D eigenvalue weighted by Gasteiger charge is -2.14. The summed E-state index contributed by atoms with van der Waals surface area (Å²) >= 11 is 5.05. The van der Waals surface area contributed by atoms with Crippen LogP contribution in [0.5, 0.6) is 17.2 Å². The monoisotopic (exact) mass is 487 g/mol. The van der Waals surface area contributed by atoms with Crippen LogP contribution in [0.3, 0.4) is 0 Å². The van der Waals surface area contributed by atoms with Gasteiger partial charge in [0.2, 0.25) is 10.6 Å². The second-order valence-electron chi connectivity index (χ2n) is 6.02. The van der Waals surface area contributed by atoms with Gasteiger partial charge in [0.15, 0.2) is 11.5 Å². The highest BCUT2D eigenvalue weighted by Crippen LogP contribution is 2.41. The first-order chi connectivity index (χ1) is 14.6. The molecule has 0 amide bonds. The average Bonchev–Trinajstić information content (AvgIpc) is 3.18. The Bertz CT molecular complexity index is 1110. The summed E-state index contributed by atoms with van der Waals surface area (Å²) in [7, 11) is 4.77. The summed E-state index contributed by atoms with van der Waals surface area (Å²) in [5.74, 6) is 1.69. The third-order valence-corrected chi connectivity index (χ3v) is 5.80. The minimum Gasteiger partial charge on any atom is -0.493 e. The van der Waals surface area contributed by atoms with Crippen LogP contribution in [-0.2, 0) is 0 Å². The lowest BCUT2D eigenvalue weighted by atomic mass is 10.1. The fourth-order valence-corrected chi connectivity index (χ4v) is 4.02. The standard InChI is InChI=1S/C22H22BrN3O3S/c1-5-10-24-22-26(25-13-15-8-6-7-9-17(15)23)18(14-30-22)16-11-19(27-2)21(29-4)20(12-16)28-3/h5-9,11-14H,1,10H2,2-4H3. The molecule has 0 atom stereocenters. The number of hydrogen-bond acceptors (Lipinski definition) is 6. The molecule has 1 heterocycles. The second kappa shape index (κ2) is 10.3. The van der Waals surface area contributed by atoms with Crippen molar-refractivity contribution in [1.82, 2.24) is 4.68 Å². The van der Waals surface area contributed by atoms with E-state index in [1.807, 2.05) is 41.8 Å². The van der Waals surface area contributed by atoms with Gasteiger partial charge < -0.3 is 14.2 Å². The van der Waals surface area contributed by atoms with Gasteiger partial charge in [-0.25, -0.2) is 4.68 Å². The van der Waals surface area contributed by atoms with Crippen molar-refractivity contribution in [3.63, 3.8) is 0 Å². The van der Waals surface area contributed by atoms with Gasteiger partial charge in [0.1, 0.15) is 0 Å². The zero-order valence-corrected chi connectivity index (χ0v) is 19.4. The van der Waals surface area contributed by atoms with Gasteiger partial charge in [-0.05, 0) is 18.2 Å². The first kappa shape index (κ1) is 21.9. The quantitative estimate of drug-likeness (QED) is 0.332. The van der Waals surface area contributed by atoms with Gasteiger partial charge >= 0.3 is 0 Å². The summed E-state index contributed by atoms with van der Waals surface area (Å²) in [4.78, 5) is 5.33. The molecule has 0 saturated heterocycles. The van der Waals surface area contributed by atoms with Gasteiger partial charge in [-0.3, -0.25) is 4.99 Å². The zero-order valence-electron chi connectivity index (χ0n) is 17.0. The largest absolute Gasteiger partial charge is 0.493 e. The van der Waals surface area contributed by atoms with E-state index in [1.54, 1.807) is 38.3 Å². The first-order valence-corrected chi connectivity index (χ1v) is 10.7. The molecule has 6 nitrogen and oxygen atoms in total. The third kappa shape index (κ3) is 4.66. The Morgan fingerprint density at radius 3 is 2.40 bits per heavy atom. The molecule has 0 spiro atoms. The van der Waals surface area contributed by atoms with Gasteiger partial charge in [0, 0.05) is 21.0 Å². The molecule has 2 aromatic carbocycles. The second-order valence-corrected chi connectivity index (χ2v) is 7.72. The van der Waals surface area contributed by atoms with Crippen molar-refractivity contribution in [2.24, 2.45) is 10.1 Å². The average molecular weight is 488 g/mol. The van der Waals surface area contributed by atoms with E-state index in [0.717, 1.165) is 26.1 Å². The van der Waals surface area contributed by atoms with Crippen LogP contribution in [0.25, 0.3) is 11.3 Å². The van der Waals surface area contributed by atoms with Gasteiger partial charge in [-0.2, -0.15) is 5.10 Å². The van der Waals surface area contributed by atoms with Crippen LogP contribution < -0.4 is 19.0 Å². The van der Waals surface area contributed by atoms with Crippen molar-refractivity contribution in [3.05, 3.63) is 69.3 Å². The maximum atomic E-state index is 5.51. The van der Waals surface area contributed by atoms with Crippen LogP contribution in [0.4, 0.5) is 0 Å². The third-order valence-electron chi connectivity index (χ3n) is 4.22. The molecule has 30 heavy (non-hydrogen) atoms. The van der Waals surface area contributed by atoms with Crippen molar-refractivity contribution < 1.29 is 14.2 Å². The van der Waals surface area contributed by atoms with E-state index in [4.69, 9.17) is 19.3 Å². The van der Waals surface area contributed by atoms with Crippen LogP contribution in [0, 0.1) is 0 Å². The smallest absolute Gasteiger partial charge is 0.206 e. The molecular weight excluding hydrogens is 466 g/mol. The van der Waals surface area contributed by atoms with E-state index in [2.05, 4.69) is 27.5 Å². The maximum Gasteiger partial charge on any atom is 0.206 e. The van der Waals surface area contributed by atoms with Crippen LogP contribution >= 0.6 is 27.3 Å². The number of halogens is 1. The molecule has 0 aliphatic heterocycles. The van der Waals surface area contributed by atoms with Gasteiger partial charge in [0.05, 0.1) is 39.8 Å². The summed E-state index contributed by atoms with van der Waals surface area (Å²) < 4.78 is 19.2. The molecule has 0 saturated carbocycles. The zero-order chi connectivity index (χ0) is 21.5. The highest BCUT2D eigenvalue weighted by molar-refractivity contribution is 9.10. The Balaban J connectivity index is 2.18. The normalized spacial score (nSPS) is 11.7. The number of benzene rings is 2. The Labute approximate surface area is 187 Å². The van der Waals surface area contributed by atoms with Crippen molar-refractivity contribution in [1.29, 1.82) is 0 Å². The molecule has 3 aromatic rings. The molecule has 0 bridgehead atoms. The summed E-state index contributed by atoms with van der Waals surface area (Å²) in [6.45, 7) is 4.25. The fraction of sp³-hybridized carbons (Fsp3) is 0.182. The van der Waals surface area contributed by atoms with Crippen molar-refractivity contribution in [3.8, 4) is 28.5 Å². The molecule has 156 valence electrons. The highest BCUT2D eigenvalue weighted by Gasteiger charge is 2.17. The van der Waals surface area contributed by atoms with Crippen molar-refractivity contribution >= 4 is 33.5 Å². The number of nitrogens with zero attached hydrogens (tertiary/aromatic N) is 3. The number of hydrogen-bond donors (Lipinski definition) is 0. The minimum atomic E-state index is 0.500. The highest BCUT2D eigenvalue weighted by atomic mass is 79.9. The van der Waals surface area contributed by atoms with E-state index >= 15 is 0 Å². The predicted octanol–water partition coefficient (Wildman–Crippen LogP) is 4.97. The van der Waals surface area contributed by atoms with E-state index in [0.29, 0.717) is 23.8 Å². The molecule has 0 aliphatic carbocycles. The lowest BCUT2D eigenvalue weighted by molar-refractivity contribution is 0.324. The number of methoxy groups -OCH3 is 3. The molecular formula is C22H22BrN3O3S. The number of thiazole rings is 1.